The molecule has 0 saturated carbocycles. The average molecular weight is 152 g/mol. The van der Waals surface area contributed by atoms with Gasteiger partial charge in [0.1, 0.15) is 0 Å². The molecular formula is C2H4N2O2S2. The second-order valence-electron chi connectivity index (χ2n) is 0.672. The Morgan fingerprint density at radius 2 is 1.38 bits per heavy atom. The molecule has 0 aromatic heterocycles. The standard InChI is InChI=1S/C2H4N2O2S2/c7-5-3-1-2-4-6-8/h1-2,7-8H. The van der Waals surface area contributed by atoms with Gasteiger partial charge in [0, 0.05) is 0 Å². The van der Waals surface area contributed by atoms with E-state index in [1.807, 2.05) is 0 Å². The summed E-state index contributed by atoms with van der Waals surface area (Å²) in [5, 5.41) is 6.37. The Balaban J connectivity index is 3.13. The van der Waals surface area contributed by atoms with E-state index in [0.717, 1.165) is 0 Å². The fraction of sp³-hybridized carbons (Fsp3) is 0. The number of hydrogen-bond acceptors (Lipinski definition) is 6. The molecule has 0 fully saturated rings. The van der Waals surface area contributed by atoms with E-state index in [1.54, 1.807) is 0 Å². The van der Waals surface area contributed by atoms with Crippen molar-refractivity contribution in [2.75, 3.05) is 0 Å². The Hall–Kier alpha value is -0.360. The van der Waals surface area contributed by atoms with Crippen molar-refractivity contribution >= 4 is 38.2 Å². The number of nitrogens with zero attached hydrogens (tertiary/aromatic N) is 2. The van der Waals surface area contributed by atoms with Crippen LogP contribution in [0.3, 0.4) is 0 Å². The van der Waals surface area contributed by atoms with Crippen LogP contribution in [0.2, 0.25) is 0 Å². The first-order valence-electron chi connectivity index (χ1n) is 1.58. The first-order chi connectivity index (χ1) is 3.91. The van der Waals surface area contributed by atoms with Gasteiger partial charge in [0.2, 0.25) is 0 Å². The third-order valence-corrected chi connectivity index (χ3v) is 0.471. The van der Waals surface area contributed by atoms with Crippen molar-refractivity contribution in [3.05, 3.63) is 0 Å². The molecule has 0 aromatic carbocycles. The fourth-order valence-corrected chi connectivity index (χ4v) is 0.218. The van der Waals surface area contributed by atoms with E-state index in [0.29, 0.717) is 0 Å². The summed E-state index contributed by atoms with van der Waals surface area (Å²) in [5.74, 6) is 0. The van der Waals surface area contributed by atoms with Crippen LogP contribution in [-0.2, 0) is 8.57 Å². The highest BCUT2D eigenvalue weighted by Crippen LogP contribution is 1.76. The number of oxime groups is 2. The predicted octanol–water partition coefficient (Wildman–Crippen LogP) is 0.681. The normalized spacial score (nSPS) is 10.8. The summed E-state index contributed by atoms with van der Waals surface area (Å²) in [7, 11) is 0. The molecular weight excluding hydrogens is 148 g/mol. The molecule has 0 unspecified atom stereocenters. The first-order valence-corrected chi connectivity index (χ1v) is 2.31. The molecule has 46 valence electrons. The molecule has 0 aliphatic heterocycles. The molecule has 0 rings (SSSR count). The second kappa shape index (κ2) is 6.64. The van der Waals surface area contributed by atoms with Gasteiger partial charge in [-0.05, 0) is 0 Å². The minimum atomic E-state index is 1.25. The lowest BCUT2D eigenvalue weighted by atomic mass is 10.8. The molecule has 0 aliphatic carbocycles. The van der Waals surface area contributed by atoms with E-state index in [9.17, 15) is 0 Å². The maximum atomic E-state index is 3.98. The number of thiol groups is 2. The summed E-state index contributed by atoms with van der Waals surface area (Å²) >= 11 is 6.61. The van der Waals surface area contributed by atoms with Crippen molar-refractivity contribution in [3.8, 4) is 0 Å². The minimum Gasteiger partial charge on any atom is -0.325 e. The summed E-state index contributed by atoms with van der Waals surface area (Å²) in [5.41, 5.74) is 0. The predicted molar refractivity (Wildman–Crippen MR) is 37.1 cm³/mol. The fourth-order valence-electron chi connectivity index (χ4n) is 0.109. The average Bonchev–Trinajstić information content (AvgIpc) is 1.81. The van der Waals surface area contributed by atoms with Crippen molar-refractivity contribution in [3.63, 3.8) is 0 Å². The largest absolute Gasteiger partial charge is 0.325 e. The topological polar surface area (TPSA) is 43.2 Å². The molecule has 0 N–H and O–H groups in total. The van der Waals surface area contributed by atoms with Crippen molar-refractivity contribution in [1.29, 1.82) is 0 Å². The van der Waals surface area contributed by atoms with E-state index in [4.69, 9.17) is 0 Å². The van der Waals surface area contributed by atoms with E-state index in [-0.39, 0.29) is 0 Å². The lowest BCUT2D eigenvalue weighted by Crippen LogP contribution is -1.73. The molecule has 0 aromatic rings. The van der Waals surface area contributed by atoms with Gasteiger partial charge in [-0.2, -0.15) is 0 Å². The zero-order valence-electron chi connectivity index (χ0n) is 3.76. The highest BCUT2D eigenvalue weighted by molar-refractivity contribution is 7.75. The molecule has 0 bridgehead atoms. The van der Waals surface area contributed by atoms with Gasteiger partial charge < -0.3 is 8.57 Å². The third-order valence-electron chi connectivity index (χ3n) is 0.283. The molecule has 0 spiro atoms. The molecule has 0 atom stereocenters. The molecule has 0 heterocycles. The molecule has 0 amide bonds. The zero-order chi connectivity index (χ0) is 6.24. The zero-order valence-corrected chi connectivity index (χ0v) is 5.55. The van der Waals surface area contributed by atoms with Gasteiger partial charge >= 0.3 is 0 Å². The smallest absolute Gasteiger partial charge is 0.0895 e. The Morgan fingerprint density at radius 1 is 1.00 bits per heavy atom. The first kappa shape index (κ1) is 7.64. The van der Waals surface area contributed by atoms with Crippen LogP contribution in [0.25, 0.3) is 0 Å². The van der Waals surface area contributed by atoms with E-state index in [1.165, 1.54) is 12.4 Å². The minimum absolute atomic E-state index is 1.25. The molecule has 8 heavy (non-hydrogen) atoms. The van der Waals surface area contributed by atoms with Crippen molar-refractivity contribution in [1.82, 2.24) is 0 Å². The van der Waals surface area contributed by atoms with Crippen molar-refractivity contribution < 1.29 is 8.57 Å². The van der Waals surface area contributed by atoms with Crippen LogP contribution >= 0.6 is 25.8 Å². The second-order valence-corrected chi connectivity index (χ2v) is 0.999. The van der Waals surface area contributed by atoms with Crippen LogP contribution in [0.5, 0.6) is 0 Å². The van der Waals surface area contributed by atoms with Gasteiger partial charge in [-0.15, -0.1) is 0 Å². The number of rotatable bonds is 3. The van der Waals surface area contributed by atoms with E-state index >= 15 is 0 Å². The third kappa shape index (κ3) is 5.64. The van der Waals surface area contributed by atoms with Crippen LogP contribution in [0.4, 0.5) is 0 Å². The van der Waals surface area contributed by atoms with Crippen LogP contribution < -0.4 is 0 Å². The van der Waals surface area contributed by atoms with E-state index in [2.05, 4.69) is 44.7 Å². The van der Waals surface area contributed by atoms with Gasteiger partial charge in [-0.1, -0.05) is 10.3 Å². The van der Waals surface area contributed by atoms with E-state index < -0.39 is 0 Å². The van der Waals surface area contributed by atoms with Crippen molar-refractivity contribution in [2.24, 2.45) is 10.3 Å². The molecule has 0 saturated heterocycles. The van der Waals surface area contributed by atoms with Gasteiger partial charge in [0.25, 0.3) is 0 Å². The molecule has 0 radical (unpaired) electrons. The maximum absolute atomic E-state index is 3.98. The Bertz CT molecular complexity index is 82.0. The van der Waals surface area contributed by atoms with Gasteiger partial charge in [0.05, 0.1) is 38.2 Å². The monoisotopic (exact) mass is 152 g/mol. The van der Waals surface area contributed by atoms with Crippen LogP contribution in [-0.4, -0.2) is 12.4 Å². The van der Waals surface area contributed by atoms with Crippen LogP contribution in [0.15, 0.2) is 10.3 Å². The lowest BCUT2D eigenvalue weighted by Gasteiger charge is -1.77. The molecule has 4 nitrogen and oxygen atoms in total. The van der Waals surface area contributed by atoms with Crippen LogP contribution in [0.1, 0.15) is 0 Å². The Morgan fingerprint density at radius 3 is 1.62 bits per heavy atom. The van der Waals surface area contributed by atoms with Gasteiger partial charge in [-0.3, -0.25) is 0 Å². The maximum Gasteiger partial charge on any atom is 0.0895 e. The Labute approximate surface area is 57.8 Å². The number of hydrogen-bond donors (Lipinski definition) is 2. The van der Waals surface area contributed by atoms with Crippen LogP contribution in [0, 0.1) is 0 Å². The highest BCUT2D eigenvalue weighted by atomic mass is 32.1. The molecule has 6 heteroatoms. The quantitative estimate of drug-likeness (QED) is 0.270. The van der Waals surface area contributed by atoms with Crippen molar-refractivity contribution in [2.45, 2.75) is 0 Å². The summed E-state index contributed by atoms with van der Waals surface area (Å²) in [6, 6.07) is 0. The van der Waals surface area contributed by atoms with Gasteiger partial charge in [0.15, 0.2) is 0 Å². The highest BCUT2D eigenvalue weighted by Gasteiger charge is 1.63. The lowest BCUT2D eigenvalue weighted by molar-refractivity contribution is 0.413. The Kier molecular flexibility index (Phi) is 6.34. The summed E-state index contributed by atoms with van der Waals surface area (Å²) in [6.45, 7) is 0. The summed E-state index contributed by atoms with van der Waals surface area (Å²) < 4.78 is 7.96. The summed E-state index contributed by atoms with van der Waals surface area (Å²) in [6.07, 6.45) is 2.51. The summed E-state index contributed by atoms with van der Waals surface area (Å²) in [4.78, 5) is 0. The van der Waals surface area contributed by atoms with Gasteiger partial charge in [-0.25, -0.2) is 0 Å². The molecule has 0 aliphatic rings. The SMILES string of the molecule is SON=CC=NOS.